The van der Waals surface area contributed by atoms with Crippen molar-refractivity contribution < 1.29 is 14.3 Å². The quantitative estimate of drug-likeness (QED) is 0.666. The molecule has 3 heterocycles. The van der Waals surface area contributed by atoms with E-state index < -0.39 is 0 Å². The van der Waals surface area contributed by atoms with E-state index in [2.05, 4.69) is 32.7 Å². The lowest BCUT2D eigenvalue weighted by atomic mass is 10.0. The number of nitrogens with zero attached hydrogens (tertiary/aromatic N) is 2. The molecule has 31 heavy (non-hydrogen) atoms. The molecule has 1 saturated heterocycles. The normalized spacial score (nSPS) is 17.4. The molecule has 0 radical (unpaired) electrons. The molecular weight excluding hydrogens is 392 g/mol. The second kappa shape index (κ2) is 8.65. The van der Waals surface area contributed by atoms with E-state index >= 15 is 0 Å². The highest BCUT2D eigenvalue weighted by atomic mass is 16.7. The van der Waals surface area contributed by atoms with Crippen LogP contribution in [0.15, 0.2) is 66.9 Å². The number of amides is 1. The number of piperazine rings is 1. The van der Waals surface area contributed by atoms with Crippen LogP contribution in [0.4, 0.5) is 5.82 Å². The summed E-state index contributed by atoms with van der Waals surface area (Å²) in [6.07, 6.45) is 1.74. The molecule has 2 aromatic carbocycles. The number of rotatable bonds is 5. The molecule has 0 unspecified atom stereocenters. The SMILES string of the molecule is O=C(NCc1ccc2c(c1)OCO2)c1cccnc1N1CCN[C@H](c2ccccc2)C1. The number of carbonyl (C=O) groups excluding carboxylic acids is 1. The number of hydrogen-bond donors (Lipinski definition) is 2. The Kier molecular flexibility index (Phi) is 5.41. The molecule has 0 bridgehead atoms. The van der Waals surface area contributed by atoms with E-state index in [1.165, 1.54) is 5.56 Å². The summed E-state index contributed by atoms with van der Waals surface area (Å²) < 4.78 is 10.8. The first kappa shape index (κ1) is 19.4. The Labute approximate surface area is 181 Å². The number of ether oxygens (including phenoxy) is 2. The average molecular weight is 416 g/mol. The standard InChI is InChI=1S/C24H24N4O3/c29-24(27-14-17-8-9-21-22(13-17)31-16-30-21)19-7-4-10-26-23(19)28-12-11-25-20(15-28)18-5-2-1-3-6-18/h1-10,13,20,25H,11-12,14-16H2,(H,27,29)/t20-/m0/s1. The molecule has 158 valence electrons. The molecule has 0 saturated carbocycles. The number of fused-ring (bicyclic) bond motifs is 1. The first-order valence-corrected chi connectivity index (χ1v) is 10.4. The minimum atomic E-state index is -0.143. The van der Waals surface area contributed by atoms with Gasteiger partial charge in [-0.3, -0.25) is 4.79 Å². The highest BCUT2D eigenvalue weighted by molar-refractivity contribution is 5.98. The largest absolute Gasteiger partial charge is 0.454 e. The molecule has 7 heteroatoms. The Balaban J connectivity index is 1.30. The second-order valence-corrected chi connectivity index (χ2v) is 7.61. The van der Waals surface area contributed by atoms with Crippen LogP contribution in [0.25, 0.3) is 0 Å². The van der Waals surface area contributed by atoms with Crippen LogP contribution in [-0.2, 0) is 6.54 Å². The van der Waals surface area contributed by atoms with Crippen LogP contribution < -0.4 is 25.0 Å². The summed E-state index contributed by atoms with van der Waals surface area (Å²) >= 11 is 0. The van der Waals surface area contributed by atoms with E-state index in [-0.39, 0.29) is 18.7 Å². The Morgan fingerprint density at radius 3 is 2.87 bits per heavy atom. The van der Waals surface area contributed by atoms with Crippen LogP contribution in [0.5, 0.6) is 11.5 Å². The summed E-state index contributed by atoms with van der Waals surface area (Å²) in [7, 11) is 0. The summed E-state index contributed by atoms with van der Waals surface area (Å²) in [4.78, 5) is 19.8. The Hall–Kier alpha value is -3.58. The van der Waals surface area contributed by atoms with Crippen LogP contribution in [0, 0.1) is 0 Å². The molecule has 1 fully saturated rings. The molecule has 1 amide bonds. The topological polar surface area (TPSA) is 75.7 Å². The van der Waals surface area contributed by atoms with Crippen molar-refractivity contribution in [2.45, 2.75) is 12.6 Å². The van der Waals surface area contributed by atoms with Gasteiger partial charge >= 0.3 is 0 Å². The number of benzene rings is 2. The minimum Gasteiger partial charge on any atom is -0.454 e. The summed E-state index contributed by atoms with van der Waals surface area (Å²) in [5.41, 5.74) is 2.77. The summed E-state index contributed by atoms with van der Waals surface area (Å²) in [6.45, 7) is 3.01. The molecule has 1 atom stereocenters. The van der Waals surface area contributed by atoms with Gasteiger partial charge in [0.1, 0.15) is 5.82 Å². The van der Waals surface area contributed by atoms with E-state index in [4.69, 9.17) is 9.47 Å². The molecule has 3 aromatic rings. The maximum Gasteiger partial charge on any atom is 0.255 e. The van der Waals surface area contributed by atoms with Crippen molar-refractivity contribution in [3.05, 3.63) is 83.6 Å². The van der Waals surface area contributed by atoms with Crippen molar-refractivity contribution >= 4 is 11.7 Å². The molecule has 1 aromatic heterocycles. The van der Waals surface area contributed by atoms with Gasteiger partial charge < -0.3 is 25.0 Å². The zero-order valence-corrected chi connectivity index (χ0v) is 17.1. The Morgan fingerprint density at radius 1 is 1.10 bits per heavy atom. The van der Waals surface area contributed by atoms with Gasteiger partial charge in [0.25, 0.3) is 5.91 Å². The number of pyridine rings is 1. The number of aromatic nitrogens is 1. The lowest BCUT2D eigenvalue weighted by Crippen LogP contribution is -2.46. The fourth-order valence-corrected chi connectivity index (χ4v) is 4.01. The van der Waals surface area contributed by atoms with Gasteiger partial charge in [-0.2, -0.15) is 0 Å². The lowest BCUT2D eigenvalue weighted by Gasteiger charge is -2.35. The van der Waals surface area contributed by atoms with Gasteiger partial charge in [-0.25, -0.2) is 4.98 Å². The van der Waals surface area contributed by atoms with Gasteiger partial charge in [-0.15, -0.1) is 0 Å². The number of nitrogens with one attached hydrogen (secondary N) is 2. The molecular formula is C24H24N4O3. The zero-order chi connectivity index (χ0) is 21.0. The summed E-state index contributed by atoms with van der Waals surface area (Å²) in [5.74, 6) is 2.02. The molecule has 2 N–H and O–H groups in total. The van der Waals surface area contributed by atoms with Gasteiger partial charge in [0.15, 0.2) is 11.5 Å². The highest BCUT2D eigenvalue weighted by Crippen LogP contribution is 2.32. The van der Waals surface area contributed by atoms with Crippen molar-refractivity contribution in [3.8, 4) is 11.5 Å². The molecule has 2 aliphatic rings. The highest BCUT2D eigenvalue weighted by Gasteiger charge is 2.25. The first-order valence-electron chi connectivity index (χ1n) is 10.4. The van der Waals surface area contributed by atoms with Gasteiger partial charge in [-0.1, -0.05) is 36.4 Å². The van der Waals surface area contributed by atoms with E-state index in [0.717, 1.165) is 30.9 Å². The van der Waals surface area contributed by atoms with Crippen LogP contribution in [-0.4, -0.2) is 37.3 Å². The second-order valence-electron chi connectivity index (χ2n) is 7.61. The van der Waals surface area contributed by atoms with E-state index in [0.29, 0.717) is 23.7 Å². The van der Waals surface area contributed by atoms with Crippen molar-refractivity contribution in [1.29, 1.82) is 0 Å². The predicted molar refractivity (Wildman–Crippen MR) is 117 cm³/mol. The summed E-state index contributed by atoms with van der Waals surface area (Å²) in [5, 5.41) is 6.57. The maximum atomic E-state index is 13.0. The van der Waals surface area contributed by atoms with E-state index in [1.54, 1.807) is 12.3 Å². The molecule has 7 nitrogen and oxygen atoms in total. The minimum absolute atomic E-state index is 0.143. The lowest BCUT2D eigenvalue weighted by molar-refractivity contribution is 0.0951. The van der Waals surface area contributed by atoms with Gasteiger partial charge in [0, 0.05) is 38.4 Å². The van der Waals surface area contributed by atoms with Crippen molar-refractivity contribution in [2.24, 2.45) is 0 Å². The zero-order valence-electron chi connectivity index (χ0n) is 17.1. The maximum absolute atomic E-state index is 13.0. The van der Waals surface area contributed by atoms with Gasteiger partial charge in [0.2, 0.25) is 6.79 Å². The van der Waals surface area contributed by atoms with Crippen LogP contribution >= 0.6 is 0 Å². The Morgan fingerprint density at radius 2 is 1.97 bits per heavy atom. The third-order valence-electron chi connectivity index (χ3n) is 5.60. The number of anilines is 1. The third-order valence-corrected chi connectivity index (χ3v) is 5.60. The van der Waals surface area contributed by atoms with Crippen LogP contribution in [0.1, 0.15) is 27.5 Å². The summed E-state index contributed by atoms with van der Waals surface area (Å²) in [6, 6.07) is 19.9. The van der Waals surface area contributed by atoms with Crippen molar-refractivity contribution in [2.75, 3.05) is 31.3 Å². The van der Waals surface area contributed by atoms with Crippen LogP contribution in [0.2, 0.25) is 0 Å². The van der Waals surface area contributed by atoms with Crippen molar-refractivity contribution in [3.63, 3.8) is 0 Å². The fourth-order valence-electron chi connectivity index (χ4n) is 4.01. The third kappa shape index (κ3) is 4.18. The fraction of sp³-hybridized carbons (Fsp3) is 0.250. The van der Waals surface area contributed by atoms with E-state index in [1.807, 2.05) is 42.5 Å². The Bertz CT molecular complexity index is 1070. The first-order chi connectivity index (χ1) is 15.3. The smallest absolute Gasteiger partial charge is 0.255 e. The molecule has 2 aliphatic heterocycles. The average Bonchev–Trinajstić information content (AvgIpc) is 3.31. The van der Waals surface area contributed by atoms with Gasteiger partial charge in [-0.05, 0) is 35.4 Å². The molecule has 0 spiro atoms. The predicted octanol–water partition coefficient (Wildman–Crippen LogP) is 2.89. The monoisotopic (exact) mass is 416 g/mol. The number of carbonyl (C=O) groups is 1. The number of hydrogen-bond acceptors (Lipinski definition) is 6. The molecule has 0 aliphatic carbocycles. The molecule has 5 rings (SSSR count). The van der Waals surface area contributed by atoms with E-state index in [9.17, 15) is 4.79 Å². The van der Waals surface area contributed by atoms with Crippen molar-refractivity contribution in [1.82, 2.24) is 15.6 Å². The van der Waals surface area contributed by atoms with Crippen LogP contribution in [0.3, 0.4) is 0 Å². The van der Waals surface area contributed by atoms with Gasteiger partial charge in [0.05, 0.1) is 5.56 Å².